The van der Waals surface area contributed by atoms with Gasteiger partial charge in [-0.2, -0.15) is 0 Å². The molecular weight excluding hydrogens is 364 g/mol. The second-order valence-corrected chi connectivity index (χ2v) is 8.79. The molecule has 2 aromatic carbocycles. The summed E-state index contributed by atoms with van der Waals surface area (Å²) in [7, 11) is 0. The summed E-state index contributed by atoms with van der Waals surface area (Å²) in [5, 5.41) is 3.06. The maximum absolute atomic E-state index is 12.8. The molecule has 5 nitrogen and oxygen atoms in total. The molecule has 0 spiro atoms. The van der Waals surface area contributed by atoms with Gasteiger partial charge in [-0.3, -0.25) is 14.5 Å². The number of hydrogen-bond acceptors (Lipinski definition) is 4. The fourth-order valence-corrected chi connectivity index (χ4v) is 4.35. The van der Waals surface area contributed by atoms with Gasteiger partial charge in [0.25, 0.3) is 5.91 Å². The first-order valence-electron chi connectivity index (χ1n) is 10.2. The molecule has 0 radical (unpaired) electrons. The monoisotopic (exact) mass is 392 g/mol. The van der Waals surface area contributed by atoms with Gasteiger partial charge in [0.15, 0.2) is 5.78 Å². The number of hydrogen-bond donors (Lipinski definition) is 1. The molecule has 2 atom stereocenters. The lowest BCUT2D eigenvalue weighted by Crippen LogP contribution is -2.58. The minimum absolute atomic E-state index is 0.0122. The van der Waals surface area contributed by atoms with Crippen molar-refractivity contribution in [3.05, 3.63) is 59.2 Å². The van der Waals surface area contributed by atoms with Crippen LogP contribution in [0.3, 0.4) is 0 Å². The van der Waals surface area contributed by atoms with Crippen LogP contribution in [-0.4, -0.2) is 54.0 Å². The summed E-state index contributed by atoms with van der Waals surface area (Å²) in [6.45, 7) is 10.7. The Morgan fingerprint density at radius 3 is 2.34 bits per heavy atom. The Bertz CT molecular complexity index is 956. The van der Waals surface area contributed by atoms with E-state index in [-0.39, 0.29) is 29.4 Å². The number of ketones is 1. The smallest absolute Gasteiger partial charge is 0.251 e. The Hall–Kier alpha value is -2.50. The van der Waals surface area contributed by atoms with Gasteiger partial charge in [0.2, 0.25) is 0 Å². The minimum atomic E-state index is -0.190. The topological polar surface area (TPSA) is 58.6 Å². The molecule has 1 N–H and O–H groups in total. The molecule has 1 fully saturated rings. The Morgan fingerprint density at radius 1 is 1.03 bits per heavy atom. The van der Waals surface area contributed by atoms with Crippen LogP contribution in [0.25, 0.3) is 11.1 Å². The number of morpholine rings is 1. The molecule has 1 aliphatic heterocycles. The highest BCUT2D eigenvalue weighted by Crippen LogP contribution is 2.36. The molecule has 152 valence electrons. The van der Waals surface area contributed by atoms with Crippen molar-refractivity contribution in [2.45, 2.75) is 45.4 Å². The molecule has 1 saturated heterocycles. The van der Waals surface area contributed by atoms with Crippen molar-refractivity contribution in [1.82, 2.24) is 10.2 Å². The van der Waals surface area contributed by atoms with Crippen LogP contribution in [0, 0.1) is 0 Å². The molecule has 1 amide bonds. The third kappa shape index (κ3) is 3.72. The van der Waals surface area contributed by atoms with Crippen LogP contribution in [0.2, 0.25) is 0 Å². The summed E-state index contributed by atoms with van der Waals surface area (Å²) in [4.78, 5) is 27.9. The summed E-state index contributed by atoms with van der Waals surface area (Å²) in [5.41, 5.74) is 3.48. The van der Waals surface area contributed by atoms with Crippen molar-refractivity contribution in [3.8, 4) is 11.1 Å². The predicted octanol–water partition coefficient (Wildman–Crippen LogP) is 3.52. The van der Waals surface area contributed by atoms with E-state index in [1.54, 1.807) is 12.1 Å². The van der Waals surface area contributed by atoms with Gasteiger partial charge in [-0.05, 0) is 51.0 Å². The lowest BCUT2D eigenvalue weighted by Gasteiger charge is -2.45. The van der Waals surface area contributed by atoms with Crippen molar-refractivity contribution in [1.29, 1.82) is 0 Å². The van der Waals surface area contributed by atoms with Crippen LogP contribution < -0.4 is 5.32 Å². The van der Waals surface area contributed by atoms with Crippen LogP contribution in [0.5, 0.6) is 0 Å². The molecular formula is C24H28N2O3. The fraction of sp³-hybridized carbons (Fsp3) is 0.417. The number of carbonyl (C=O) groups is 2. The number of rotatable bonds is 4. The summed E-state index contributed by atoms with van der Waals surface area (Å²) in [6.07, 6.45) is 0.358. The number of nitrogens with zero attached hydrogens (tertiary/aromatic N) is 1. The summed E-state index contributed by atoms with van der Waals surface area (Å²) in [6, 6.07) is 13.0. The van der Waals surface area contributed by atoms with Crippen LogP contribution in [0.4, 0.5) is 0 Å². The molecule has 0 bridgehead atoms. The van der Waals surface area contributed by atoms with E-state index in [2.05, 4.69) is 37.9 Å². The van der Waals surface area contributed by atoms with E-state index in [1.165, 1.54) is 0 Å². The molecule has 0 aromatic heterocycles. The first-order chi connectivity index (χ1) is 13.8. The molecule has 0 saturated carbocycles. The quantitative estimate of drug-likeness (QED) is 0.738. The normalized spacial score (nSPS) is 21.6. The standard InChI is InChI=1S/C24H28N2O3/c1-15-12-26(13-16(2)29-15)24(3,4)14-25-23(28)17-9-10-19-18-7-5-6-8-20(18)22(27)21(19)11-17/h5-11,15-16H,12-14H2,1-4H3,(H,25,28)/t15-,16-/m0/s1. The van der Waals surface area contributed by atoms with Gasteiger partial charge in [-0.15, -0.1) is 0 Å². The van der Waals surface area contributed by atoms with Gasteiger partial charge in [-0.1, -0.05) is 30.3 Å². The zero-order chi connectivity index (χ0) is 20.8. The van der Waals surface area contributed by atoms with Crippen molar-refractivity contribution in [3.63, 3.8) is 0 Å². The van der Waals surface area contributed by atoms with Gasteiger partial charge < -0.3 is 10.1 Å². The van der Waals surface area contributed by atoms with E-state index in [4.69, 9.17) is 4.74 Å². The first kappa shape index (κ1) is 19.8. The molecule has 1 aliphatic carbocycles. The molecule has 5 heteroatoms. The number of benzene rings is 2. The zero-order valence-corrected chi connectivity index (χ0v) is 17.5. The van der Waals surface area contributed by atoms with E-state index in [0.29, 0.717) is 23.2 Å². The zero-order valence-electron chi connectivity index (χ0n) is 17.5. The highest BCUT2D eigenvalue weighted by molar-refractivity contribution is 6.22. The average molecular weight is 392 g/mol. The Kier molecular flexibility index (Phi) is 5.05. The average Bonchev–Trinajstić information content (AvgIpc) is 2.98. The summed E-state index contributed by atoms with van der Waals surface area (Å²) in [5.74, 6) is -0.166. The van der Waals surface area contributed by atoms with Gasteiger partial charge >= 0.3 is 0 Å². The molecule has 0 unspecified atom stereocenters. The number of amides is 1. The largest absolute Gasteiger partial charge is 0.373 e. The van der Waals surface area contributed by atoms with E-state index < -0.39 is 0 Å². The molecule has 1 heterocycles. The minimum Gasteiger partial charge on any atom is -0.373 e. The molecule has 4 rings (SSSR count). The third-order valence-electron chi connectivity index (χ3n) is 5.95. The predicted molar refractivity (Wildman–Crippen MR) is 113 cm³/mol. The first-order valence-corrected chi connectivity index (χ1v) is 10.2. The van der Waals surface area contributed by atoms with Crippen molar-refractivity contribution < 1.29 is 14.3 Å². The van der Waals surface area contributed by atoms with E-state index >= 15 is 0 Å². The fourth-order valence-electron chi connectivity index (χ4n) is 4.35. The van der Waals surface area contributed by atoms with Gasteiger partial charge in [0.1, 0.15) is 0 Å². The van der Waals surface area contributed by atoms with Crippen molar-refractivity contribution in [2.24, 2.45) is 0 Å². The number of carbonyl (C=O) groups excluding carboxylic acids is 2. The maximum atomic E-state index is 12.8. The molecule has 2 aliphatic rings. The van der Waals surface area contributed by atoms with Gasteiger partial charge in [0, 0.05) is 41.9 Å². The van der Waals surface area contributed by atoms with E-state index in [1.807, 2.05) is 30.3 Å². The van der Waals surface area contributed by atoms with Crippen LogP contribution in [0.15, 0.2) is 42.5 Å². The second-order valence-electron chi connectivity index (χ2n) is 8.79. The molecule has 29 heavy (non-hydrogen) atoms. The van der Waals surface area contributed by atoms with Crippen LogP contribution in [-0.2, 0) is 4.74 Å². The van der Waals surface area contributed by atoms with Gasteiger partial charge in [-0.25, -0.2) is 0 Å². The highest BCUT2D eigenvalue weighted by atomic mass is 16.5. The summed E-state index contributed by atoms with van der Waals surface area (Å²) < 4.78 is 5.82. The lowest BCUT2D eigenvalue weighted by molar-refractivity contribution is -0.0948. The van der Waals surface area contributed by atoms with E-state index in [9.17, 15) is 9.59 Å². The Labute approximate surface area is 172 Å². The highest BCUT2D eigenvalue weighted by Gasteiger charge is 2.33. The SMILES string of the molecule is C[C@H]1CN(C(C)(C)CNC(=O)c2ccc3c(c2)C(=O)c2ccccc2-3)C[C@H](C)O1. The number of nitrogens with one attached hydrogen (secondary N) is 1. The second kappa shape index (κ2) is 7.39. The van der Waals surface area contributed by atoms with Crippen molar-refractivity contribution >= 4 is 11.7 Å². The van der Waals surface area contributed by atoms with E-state index in [0.717, 1.165) is 24.2 Å². The lowest BCUT2D eigenvalue weighted by atomic mass is 9.99. The number of ether oxygens (including phenoxy) is 1. The maximum Gasteiger partial charge on any atom is 0.251 e. The number of fused-ring (bicyclic) bond motifs is 3. The summed E-state index contributed by atoms with van der Waals surface area (Å²) >= 11 is 0. The van der Waals surface area contributed by atoms with Crippen LogP contribution >= 0.6 is 0 Å². The third-order valence-corrected chi connectivity index (χ3v) is 5.95. The Balaban J connectivity index is 1.47. The Morgan fingerprint density at radius 2 is 1.66 bits per heavy atom. The van der Waals surface area contributed by atoms with Crippen molar-refractivity contribution in [2.75, 3.05) is 19.6 Å². The van der Waals surface area contributed by atoms with Gasteiger partial charge in [0.05, 0.1) is 12.2 Å². The molecule has 2 aromatic rings. The van der Waals surface area contributed by atoms with Crippen LogP contribution in [0.1, 0.15) is 54.0 Å².